The zero-order chi connectivity index (χ0) is 26.1. The van der Waals surface area contributed by atoms with Crippen LogP contribution in [0.2, 0.25) is 39.3 Å². The highest BCUT2D eigenvalue weighted by Crippen LogP contribution is 2.51. The number of hydrogen-bond donors (Lipinski definition) is 0. The highest BCUT2D eigenvalue weighted by Gasteiger charge is 2.51. The van der Waals surface area contributed by atoms with Crippen molar-refractivity contribution in [1.82, 2.24) is 0 Å². The average molecular weight is 553 g/mol. The van der Waals surface area contributed by atoms with Crippen molar-refractivity contribution in [1.29, 1.82) is 0 Å². The molecule has 6 rings (SSSR count). The Kier molecular flexibility index (Phi) is 6.00. The average Bonchev–Trinajstić information content (AvgIpc) is 3.60. The molecule has 9 heteroatoms. The summed E-state index contributed by atoms with van der Waals surface area (Å²) in [6, 6.07) is 16.8. The molecule has 4 atom stereocenters. The van der Waals surface area contributed by atoms with Gasteiger partial charge in [0.05, 0.1) is 13.2 Å². The van der Waals surface area contributed by atoms with E-state index in [4.69, 9.17) is 26.6 Å². The predicted molar refractivity (Wildman–Crippen MR) is 149 cm³/mol. The number of rotatable bonds is 10. The first-order chi connectivity index (χ1) is 17.4. The molecule has 4 unspecified atom stereocenters. The van der Waals surface area contributed by atoms with Gasteiger partial charge in [-0.05, 0) is 73.7 Å². The minimum atomic E-state index is -2.56. The van der Waals surface area contributed by atoms with Gasteiger partial charge >= 0.3 is 25.7 Å². The standard InChI is InChI=1S/C28H36O6Si3/c1-35(2,29-19-27-17-15-25(31-27)21-11-7-9-13-23(21)27)33-37(5,6)34-36(3,4)30-20-28-18-16-26(32-28)22-12-8-10-14-24(22)28/h7-18,25-26H,19-20H2,1-6H3. The Hall–Kier alpha value is -1.67. The Morgan fingerprint density at radius 3 is 1.46 bits per heavy atom. The predicted octanol–water partition coefficient (Wildman–Crippen LogP) is 6.23. The lowest BCUT2D eigenvalue weighted by Gasteiger charge is -2.39. The molecule has 2 aromatic carbocycles. The molecule has 0 radical (unpaired) electrons. The molecule has 6 nitrogen and oxygen atoms in total. The molecular weight excluding hydrogens is 517 g/mol. The van der Waals surface area contributed by atoms with E-state index in [9.17, 15) is 0 Å². The van der Waals surface area contributed by atoms with Gasteiger partial charge < -0.3 is 26.6 Å². The maximum Gasteiger partial charge on any atom is 0.323 e. The second kappa shape index (κ2) is 8.67. The van der Waals surface area contributed by atoms with E-state index in [1.54, 1.807) is 0 Å². The van der Waals surface area contributed by atoms with Crippen LogP contribution >= 0.6 is 0 Å². The van der Waals surface area contributed by atoms with Crippen molar-refractivity contribution in [2.45, 2.75) is 62.7 Å². The maximum atomic E-state index is 6.66. The SMILES string of the molecule is C[Si](C)(OCC12C=CC(O1)c1ccccc12)O[Si](C)(C)O[Si](C)(C)OCC12C=CC(O1)c1ccccc12. The minimum absolute atomic E-state index is 0.0175. The normalized spacial score (nSPS) is 29.2. The number of ether oxygens (including phenoxy) is 2. The minimum Gasteiger partial charge on any atom is -0.415 e. The summed E-state index contributed by atoms with van der Waals surface area (Å²) in [5.41, 5.74) is 3.80. The van der Waals surface area contributed by atoms with E-state index in [-0.39, 0.29) is 12.2 Å². The van der Waals surface area contributed by atoms with Gasteiger partial charge in [0.1, 0.15) is 23.4 Å². The molecule has 0 spiro atoms. The van der Waals surface area contributed by atoms with Crippen LogP contribution < -0.4 is 0 Å². The molecule has 0 fully saturated rings. The summed E-state index contributed by atoms with van der Waals surface area (Å²) >= 11 is 0. The van der Waals surface area contributed by atoms with Crippen LogP contribution in [0.25, 0.3) is 0 Å². The lowest BCUT2D eigenvalue weighted by molar-refractivity contribution is -0.0403. The first-order valence-corrected chi connectivity index (χ1v) is 21.5. The third-order valence-corrected chi connectivity index (χ3v) is 17.0. The molecule has 0 aromatic heterocycles. The van der Waals surface area contributed by atoms with E-state index in [0.29, 0.717) is 13.2 Å². The summed E-state index contributed by atoms with van der Waals surface area (Å²) in [5, 5.41) is 0. The van der Waals surface area contributed by atoms with E-state index in [2.05, 4.69) is 112 Å². The third kappa shape index (κ3) is 4.60. The fourth-order valence-electron chi connectivity index (χ4n) is 6.14. The molecule has 0 saturated heterocycles. The lowest BCUT2D eigenvalue weighted by Crippen LogP contribution is -2.55. The van der Waals surface area contributed by atoms with Crippen molar-refractivity contribution in [2.75, 3.05) is 13.2 Å². The Balaban J connectivity index is 1.07. The van der Waals surface area contributed by atoms with E-state index in [0.717, 1.165) is 0 Å². The first-order valence-electron chi connectivity index (χ1n) is 13.0. The van der Waals surface area contributed by atoms with Crippen LogP contribution in [-0.4, -0.2) is 38.9 Å². The molecular formula is C28H36O6Si3. The first kappa shape index (κ1) is 25.6. The van der Waals surface area contributed by atoms with Gasteiger partial charge in [0.15, 0.2) is 0 Å². The largest absolute Gasteiger partial charge is 0.415 e. The van der Waals surface area contributed by atoms with Gasteiger partial charge in [-0.1, -0.05) is 60.7 Å². The molecule has 0 saturated carbocycles. The van der Waals surface area contributed by atoms with Crippen LogP contribution in [0.3, 0.4) is 0 Å². The summed E-state index contributed by atoms with van der Waals surface area (Å²) in [6.07, 6.45) is 8.56. The van der Waals surface area contributed by atoms with Crippen molar-refractivity contribution in [2.24, 2.45) is 0 Å². The van der Waals surface area contributed by atoms with E-state index >= 15 is 0 Å². The van der Waals surface area contributed by atoms with E-state index in [1.807, 2.05) is 0 Å². The van der Waals surface area contributed by atoms with Gasteiger partial charge in [0.2, 0.25) is 0 Å². The monoisotopic (exact) mass is 552 g/mol. The van der Waals surface area contributed by atoms with Crippen molar-refractivity contribution in [3.8, 4) is 0 Å². The van der Waals surface area contributed by atoms with Gasteiger partial charge in [0, 0.05) is 0 Å². The van der Waals surface area contributed by atoms with Crippen molar-refractivity contribution in [3.63, 3.8) is 0 Å². The number of hydrogen-bond acceptors (Lipinski definition) is 6. The Morgan fingerprint density at radius 2 is 1.03 bits per heavy atom. The van der Waals surface area contributed by atoms with E-state index in [1.165, 1.54) is 22.3 Å². The van der Waals surface area contributed by atoms with Gasteiger partial charge in [0.25, 0.3) is 0 Å². The van der Waals surface area contributed by atoms with Crippen LogP contribution in [0.5, 0.6) is 0 Å². The number of fused-ring (bicyclic) bond motifs is 10. The highest BCUT2D eigenvalue weighted by molar-refractivity contribution is 6.84. The smallest absolute Gasteiger partial charge is 0.323 e. The summed E-state index contributed by atoms with van der Waals surface area (Å²) in [4.78, 5) is 0. The van der Waals surface area contributed by atoms with Crippen LogP contribution in [0.1, 0.15) is 34.5 Å². The maximum absolute atomic E-state index is 6.66. The molecule has 4 bridgehead atoms. The molecule has 0 N–H and O–H groups in total. The van der Waals surface area contributed by atoms with Gasteiger partial charge in [-0.3, -0.25) is 0 Å². The van der Waals surface area contributed by atoms with Crippen LogP contribution in [-0.2, 0) is 37.8 Å². The molecule has 37 heavy (non-hydrogen) atoms. The Morgan fingerprint density at radius 1 is 0.622 bits per heavy atom. The third-order valence-electron chi connectivity index (χ3n) is 7.45. The fraction of sp³-hybridized carbons (Fsp3) is 0.429. The molecule has 0 aliphatic carbocycles. The lowest BCUT2D eigenvalue weighted by atomic mass is 9.88. The molecule has 196 valence electrons. The molecule has 0 amide bonds. The van der Waals surface area contributed by atoms with Crippen LogP contribution in [0.4, 0.5) is 0 Å². The summed E-state index contributed by atoms with van der Waals surface area (Å²) in [7, 11) is -7.62. The second-order valence-corrected chi connectivity index (χ2v) is 22.3. The topological polar surface area (TPSA) is 55.4 Å². The Bertz CT molecular complexity index is 1180. The van der Waals surface area contributed by atoms with Crippen molar-refractivity contribution < 1.29 is 26.6 Å². The van der Waals surface area contributed by atoms with Gasteiger partial charge in [-0.25, -0.2) is 0 Å². The summed E-state index contributed by atoms with van der Waals surface area (Å²) < 4.78 is 39.0. The zero-order valence-electron chi connectivity index (χ0n) is 22.4. The van der Waals surface area contributed by atoms with Gasteiger partial charge in [-0.15, -0.1) is 0 Å². The summed E-state index contributed by atoms with van der Waals surface area (Å²) in [6.45, 7) is 13.4. The van der Waals surface area contributed by atoms with Gasteiger partial charge in [-0.2, -0.15) is 0 Å². The second-order valence-electron chi connectivity index (χ2n) is 11.7. The highest BCUT2D eigenvalue weighted by atomic mass is 28.5. The van der Waals surface area contributed by atoms with Crippen molar-refractivity contribution in [3.05, 3.63) is 95.1 Å². The molecule has 4 heterocycles. The number of benzene rings is 2. The quantitative estimate of drug-likeness (QED) is 0.257. The molecule has 4 aliphatic rings. The fourth-order valence-corrected chi connectivity index (χ4v) is 17.8. The summed E-state index contributed by atoms with van der Waals surface area (Å²) in [5.74, 6) is 0. The molecule has 2 aromatic rings. The van der Waals surface area contributed by atoms with Crippen molar-refractivity contribution >= 4 is 25.7 Å². The van der Waals surface area contributed by atoms with Crippen LogP contribution in [0.15, 0.2) is 72.8 Å². The van der Waals surface area contributed by atoms with E-state index < -0.39 is 36.9 Å². The molecule has 4 aliphatic heterocycles. The zero-order valence-corrected chi connectivity index (χ0v) is 25.4. The van der Waals surface area contributed by atoms with Crippen LogP contribution in [0, 0.1) is 0 Å². The Labute approximate surface area is 222 Å².